The number of nitrogens with one attached hydrogen (secondary N) is 1. The second-order valence-corrected chi connectivity index (χ2v) is 6.73. The largest absolute Gasteiger partial charge is 0.493 e. The second-order valence-electron chi connectivity index (χ2n) is 6.73. The summed E-state index contributed by atoms with van der Waals surface area (Å²) in [5.41, 5.74) is 1.43. The summed E-state index contributed by atoms with van der Waals surface area (Å²) in [5.74, 6) is 2.07. The molecule has 7 heteroatoms. The van der Waals surface area contributed by atoms with Crippen LogP contribution in [0.25, 0.3) is 0 Å². The zero-order chi connectivity index (χ0) is 20.6. The van der Waals surface area contributed by atoms with E-state index in [0.29, 0.717) is 35.3 Å². The number of carbonyl (C=O) groups is 1. The molecule has 1 fully saturated rings. The molecule has 1 aliphatic rings. The van der Waals surface area contributed by atoms with Crippen molar-refractivity contribution >= 4 is 11.6 Å². The SMILES string of the molecule is COc1cc(CC(=O)Nc2cccc(OCC3CCCO3)c2)cc(OC)c1OC. The van der Waals surface area contributed by atoms with Gasteiger partial charge in [-0.3, -0.25) is 4.79 Å². The predicted molar refractivity (Wildman–Crippen MR) is 109 cm³/mol. The normalized spacial score (nSPS) is 15.6. The van der Waals surface area contributed by atoms with E-state index >= 15 is 0 Å². The van der Waals surface area contributed by atoms with E-state index in [1.165, 1.54) is 0 Å². The fourth-order valence-corrected chi connectivity index (χ4v) is 3.26. The molecule has 7 nitrogen and oxygen atoms in total. The summed E-state index contributed by atoms with van der Waals surface area (Å²) in [7, 11) is 4.63. The van der Waals surface area contributed by atoms with Crippen molar-refractivity contribution in [2.45, 2.75) is 25.4 Å². The lowest BCUT2D eigenvalue weighted by molar-refractivity contribution is -0.115. The first-order valence-corrected chi connectivity index (χ1v) is 9.56. The van der Waals surface area contributed by atoms with E-state index in [1.807, 2.05) is 24.3 Å². The minimum Gasteiger partial charge on any atom is -0.493 e. The Morgan fingerprint density at radius 3 is 2.48 bits per heavy atom. The van der Waals surface area contributed by atoms with Crippen LogP contribution in [0.5, 0.6) is 23.0 Å². The smallest absolute Gasteiger partial charge is 0.228 e. The van der Waals surface area contributed by atoms with Gasteiger partial charge in [-0.1, -0.05) is 6.07 Å². The molecule has 2 aromatic carbocycles. The Kier molecular flexibility index (Phi) is 7.19. The maximum atomic E-state index is 12.5. The van der Waals surface area contributed by atoms with Gasteiger partial charge in [-0.05, 0) is 42.7 Å². The highest BCUT2D eigenvalue weighted by Gasteiger charge is 2.17. The Morgan fingerprint density at radius 1 is 1.10 bits per heavy atom. The summed E-state index contributed by atoms with van der Waals surface area (Å²) in [6.45, 7) is 1.31. The minimum atomic E-state index is -0.157. The van der Waals surface area contributed by atoms with Crippen LogP contribution in [0, 0.1) is 0 Å². The highest BCUT2D eigenvalue weighted by atomic mass is 16.5. The minimum absolute atomic E-state index is 0.147. The Morgan fingerprint density at radius 2 is 1.86 bits per heavy atom. The molecule has 0 spiro atoms. The van der Waals surface area contributed by atoms with E-state index in [4.69, 9.17) is 23.7 Å². The van der Waals surface area contributed by atoms with Gasteiger partial charge in [0.25, 0.3) is 0 Å². The Balaban J connectivity index is 1.62. The molecule has 1 heterocycles. The van der Waals surface area contributed by atoms with Gasteiger partial charge >= 0.3 is 0 Å². The van der Waals surface area contributed by atoms with Gasteiger partial charge in [0, 0.05) is 18.4 Å². The summed E-state index contributed by atoms with van der Waals surface area (Å²) < 4.78 is 27.4. The van der Waals surface area contributed by atoms with Crippen molar-refractivity contribution < 1.29 is 28.5 Å². The van der Waals surface area contributed by atoms with Crippen LogP contribution in [0.3, 0.4) is 0 Å². The first kappa shape index (κ1) is 20.8. The molecule has 1 saturated heterocycles. The van der Waals surface area contributed by atoms with Gasteiger partial charge in [-0.15, -0.1) is 0 Å². The number of methoxy groups -OCH3 is 3. The first-order chi connectivity index (χ1) is 14.1. The fraction of sp³-hybridized carbons (Fsp3) is 0.409. The maximum absolute atomic E-state index is 12.5. The van der Waals surface area contributed by atoms with E-state index in [9.17, 15) is 4.79 Å². The average molecular weight is 401 g/mol. The monoisotopic (exact) mass is 401 g/mol. The van der Waals surface area contributed by atoms with Crippen molar-refractivity contribution in [1.82, 2.24) is 0 Å². The lowest BCUT2D eigenvalue weighted by Gasteiger charge is -2.14. The zero-order valence-corrected chi connectivity index (χ0v) is 17.0. The number of amides is 1. The van der Waals surface area contributed by atoms with Crippen LogP contribution in [0.2, 0.25) is 0 Å². The Hall–Kier alpha value is -2.93. The van der Waals surface area contributed by atoms with Gasteiger partial charge in [0.1, 0.15) is 12.4 Å². The van der Waals surface area contributed by atoms with Crippen LogP contribution >= 0.6 is 0 Å². The van der Waals surface area contributed by atoms with E-state index in [0.717, 1.165) is 25.0 Å². The number of anilines is 1. The van der Waals surface area contributed by atoms with E-state index in [1.54, 1.807) is 33.5 Å². The van der Waals surface area contributed by atoms with Crippen molar-refractivity contribution in [3.8, 4) is 23.0 Å². The van der Waals surface area contributed by atoms with E-state index in [2.05, 4.69) is 5.32 Å². The number of benzene rings is 2. The summed E-state index contributed by atoms with van der Waals surface area (Å²) >= 11 is 0. The van der Waals surface area contributed by atoms with E-state index < -0.39 is 0 Å². The van der Waals surface area contributed by atoms with Crippen LogP contribution in [0.15, 0.2) is 36.4 Å². The highest BCUT2D eigenvalue weighted by Crippen LogP contribution is 2.38. The molecule has 0 aromatic heterocycles. The van der Waals surface area contributed by atoms with Gasteiger partial charge in [0.2, 0.25) is 11.7 Å². The maximum Gasteiger partial charge on any atom is 0.228 e. The number of ether oxygens (including phenoxy) is 5. The molecule has 0 bridgehead atoms. The Labute approximate surface area is 170 Å². The van der Waals surface area contributed by atoms with Crippen LogP contribution in [-0.2, 0) is 16.0 Å². The van der Waals surface area contributed by atoms with Crippen molar-refractivity contribution in [2.75, 3.05) is 39.9 Å². The molecular weight excluding hydrogens is 374 g/mol. The fourth-order valence-electron chi connectivity index (χ4n) is 3.26. The standard InChI is InChI=1S/C22H27NO6/c1-25-19-10-15(11-20(26-2)22(19)27-3)12-21(24)23-16-6-4-7-17(13-16)29-14-18-8-5-9-28-18/h4,6-7,10-11,13,18H,5,8-9,12,14H2,1-3H3,(H,23,24). The summed E-state index contributed by atoms with van der Waals surface area (Å²) in [6.07, 6.45) is 2.40. The molecule has 1 atom stereocenters. The number of carbonyl (C=O) groups excluding carboxylic acids is 1. The van der Waals surface area contributed by atoms with Gasteiger partial charge < -0.3 is 29.0 Å². The van der Waals surface area contributed by atoms with Gasteiger partial charge in [0.05, 0.1) is 33.9 Å². The van der Waals surface area contributed by atoms with Crippen molar-refractivity contribution in [2.24, 2.45) is 0 Å². The number of hydrogen-bond donors (Lipinski definition) is 1. The predicted octanol–water partition coefficient (Wildman–Crippen LogP) is 3.45. The molecule has 156 valence electrons. The third-order valence-electron chi connectivity index (χ3n) is 4.67. The van der Waals surface area contributed by atoms with Gasteiger partial charge in [0.15, 0.2) is 11.5 Å². The highest BCUT2D eigenvalue weighted by molar-refractivity contribution is 5.92. The molecule has 29 heavy (non-hydrogen) atoms. The van der Waals surface area contributed by atoms with Crippen LogP contribution < -0.4 is 24.3 Å². The van der Waals surface area contributed by atoms with Gasteiger partial charge in [-0.2, -0.15) is 0 Å². The summed E-state index contributed by atoms with van der Waals surface area (Å²) in [6, 6.07) is 10.9. The third kappa shape index (κ3) is 5.54. The van der Waals surface area contributed by atoms with E-state index in [-0.39, 0.29) is 18.4 Å². The average Bonchev–Trinajstić information content (AvgIpc) is 3.25. The molecule has 0 radical (unpaired) electrons. The molecule has 1 unspecified atom stereocenters. The first-order valence-electron chi connectivity index (χ1n) is 9.56. The second kappa shape index (κ2) is 10.0. The summed E-state index contributed by atoms with van der Waals surface area (Å²) in [4.78, 5) is 12.5. The molecule has 1 amide bonds. The number of rotatable bonds is 9. The van der Waals surface area contributed by atoms with Crippen LogP contribution in [0.4, 0.5) is 5.69 Å². The van der Waals surface area contributed by atoms with Crippen molar-refractivity contribution in [1.29, 1.82) is 0 Å². The lowest BCUT2D eigenvalue weighted by Crippen LogP contribution is -2.17. The molecule has 0 aliphatic carbocycles. The molecule has 3 rings (SSSR count). The van der Waals surface area contributed by atoms with Crippen molar-refractivity contribution in [3.05, 3.63) is 42.0 Å². The zero-order valence-electron chi connectivity index (χ0n) is 17.0. The molecule has 0 saturated carbocycles. The van der Waals surface area contributed by atoms with Crippen LogP contribution in [-0.4, -0.2) is 46.6 Å². The topological polar surface area (TPSA) is 75.3 Å². The Bertz CT molecular complexity index is 807. The van der Waals surface area contributed by atoms with Gasteiger partial charge in [-0.25, -0.2) is 0 Å². The molecular formula is C22H27NO6. The number of hydrogen-bond acceptors (Lipinski definition) is 6. The molecule has 1 aliphatic heterocycles. The van der Waals surface area contributed by atoms with Crippen LogP contribution in [0.1, 0.15) is 18.4 Å². The molecule has 2 aromatic rings. The quantitative estimate of drug-likeness (QED) is 0.694. The third-order valence-corrected chi connectivity index (χ3v) is 4.67. The van der Waals surface area contributed by atoms with Crippen molar-refractivity contribution in [3.63, 3.8) is 0 Å². The lowest BCUT2D eigenvalue weighted by atomic mass is 10.1. The molecule has 1 N–H and O–H groups in total. The summed E-state index contributed by atoms with van der Waals surface area (Å²) in [5, 5.41) is 2.90.